The van der Waals surface area contributed by atoms with Gasteiger partial charge in [0, 0.05) is 13.2 Å². The minimum absolute atomic E-state index is 0.0763. The zero-order chi connectivity index (χ0) is 15.2. The van der Waals surface area contributed by atoms with Crippen LogP contribution in [0.25, 0.3) is 11.2 Å². The Hall–Kier alpha value is -2.20. The van der Waals surface area contributed by atoms with Crippen molar-refractivity contribution in [3.63, 3.8) is 0 Å². The highest BCUT2D eigenvalue weighted by molar-refractivity contribution is 7.92. The highest BCUT2D eigenvalue weighted by Crippen LogP contribution is 2.20. The number of anilines is 1. The topological polar surface area (TPSA) is 118 Å². The quantitative estimate of drug-likeness (QED) is 0.688. The van der Waals surface area contributed by atoms with Crippen molar-refractivity contribution >= 4 is 38.7 Å². The Bertz CT molecular complexity index is 911. The molecule has 0 aliphatic carbocycles. The molecule has 3 rings (SSSR count). The van der Waals surface area contributed by atoms with E-state index in [1.54, 1.807) is 18.5 Å². The predicted octanol–water partition coefficient (Wildman–Crippen LogP) is 0.849. The van der Waals surface area contributed by atoms with Gasteiger partial charge in [-0.15, -0.1) is 0 Å². The molecule has 0 saturated carbocycles. The van der Waals surface area contributed by atoms with E-state index in [2.05, 4.69) is 29.6 Å². The van der Waals surface area contributed by atoms with Crippen molar-refractivity contribution in [2.24, 2.45) is 7.05 Å². The van der Waals surface area contributed by atoms with Crippen molar-refractivity contribution < 1.29 is 8.42 Å². The molecule has 0 aliphatic rings. The Morgan fingerprint density at radius 3 is 2.76 bits per heavy atom. The highest BCUT2D eigenvalue weighted by atomic mass is 35.5. The third kappa shape index (κ3) is 2.43. The number of nitrogens with zero attached hydrogens (tertiary/aromatic N) is 5. The molecule has 0 bridgehead atoms. The molecule has 110 valence electrons. The molecule has 21 heavy (non-hydrogen) atoms. The minimum atomic E-state index is -3.89. The number of aromatic amines is 1. The fraction of sp³-hybridized carbons (Fsp3) is 0.200. The summed E-state index contributed by atoms with van der Waals surface area (Å²) >= 11 is 5.93. The smallest absolute Gasteiger partial charge is 0.283 e. The van der Waals surface area contributed by atoms with Crippen molar-refractivity contribution in [3.05, 3.63) is 23.5 Å². The molecule has 2 N–H and O–H groups in total. The molecular formula is C10H10ClN7O2S. The largest absolute Gasteiger partial charge is 0.341 e. The van der Waals surface area contributed by atoms with E-state index in [1.807, 2.05) is 0 Å². The lowest BCUT2D eigenvalue weighted by Crippen LogP contribution is -2.15. The number of nitrogens with one attached hydrogen (secondary N) is 2. The van der Waals surface area contributed by atoms with Gasteiger partial charge in [0.05, 0.1) is 6.33 Å². The zero-order valence-electron chi connectivity index (χ0n) is 11.0. The van der Waals surface area contributed by atoms with Gasteiger partial charge in [0.2, 0.25) is 5.95 Å². The maximum atomic E-state index is 12.2. The van der Waals surface area contributed by atoms with Crippen molar-refractivity contribution in [1.29, 1.82) is 0 Å². The fourth-order valence-corrected chi connectivity index (χ4v) is 2.88. The van der Waals surface area contributed by atoms with Crippen LogP contribution >= 0.6 is 11.6 Å². The van der Waals surface area contributed by atoms with Crippen LogP contribution in [0.15, 0.2) is 17.6 Å². The highest BCUT2D eigenvalue weighted by Gasteiger charge is 2.21. The average Bonchev–Trinajstić information content (AvgIpc) is 2.97. The van der Waals surface area contributed by atoms with Crippen LogP contribution in [0.1, 0.15) is 5.82 Å². The Kier molecular flexibility index (Phi) is 3.06. The first-order valence-corrected chi connectivity index (χ1v) is 7.62. The van der Waals surface area contributed by atoms with Crippen LogP contribution in [-0.2, 0) is 17.1 Å². The van der Waals surface area contributed by atoms with Crippen LogP contribution < -0.4 is 4.72 Å². The summed E-state index contributed by atoms with van der Waals surface area (Å²) in [6, 6.07) is 0. The minimum Gasteiger partial charge on any atom is -0.341 e. The summed E-state index contributed by atoms with van der Waals surface area (Å²) in [5.74, 6) is 0.403. The normalized spacial score (nSPS) is 12.0. The van der Waals surface area contributed by atoms with Gasteiger partial charge >= 0.3 is 0 Å². The Morgan fingerprint density at radius 2 is 2.10 bits per heavy atom. The number of sulfonamides is 1. The number of hydrogen-bond acceptors (Lipinski definition) is 6. The summed E-state index contributed by atoms with van der Waals surface area (Å²) < 4.78 is 28.3. The maximum absolute atomic E-state index is 12.2. The first-order chi connectivity index (χ1) is 9.87. The van der Waals surface area contributed by atoms with Gasteiger partial charge in [-0.1, -0.05) is 11.6 Å². The van der Waals surface area contributed by atoms with Crippen LogP contribution in [0, 0.1) is 6.92 Å². The summed E-state index contributed by atoms with van der Waals surface area (Å²) in [5, 5.41) is -0.0447. The van der Waals surface area contributed by atoms with Gasteiger partial charge in [-0.05, 0) is 6.92 Å². The fourth-order valence-electron chi connectivity index (χ4n) is 1.67. The third-order valence-electron chi connectivity index (χ3n) is 2.83. The summed E-state index contributed by atoms with van der Waals surface area (Å²) in [4.78, 5) is 18.5. The van der Waals surface area contributed by atoms with Crippen molar-refractivity contribution in [2.45, 2.75) is 11.9 Å². The Labute approximate surface area is 124 Å². The molecule has 11 heteroatoms. The van der Waals surface area contributed by atoms with E-state index in [-0.39, 0.29) is 21.8 Å². The third-order valence-corrected chi connectivity index (χ3v) is 4.30. The SMILES string of the molecule is Cc1nc(S(=O)(=O)Nc2nc(Cl)c3[nH]cnc3n2)cn1C. The molecular weight excluding hydrogens is 318 g/mol. The van der Waals surface area contributed by atoms with Gasteiger partial charge in [0.25, 0.3) is 10.0 Å². The summed E-state index contributed by atoms with van der Waals surface area (Å²) in [6.45, 7) is 1.70. The molecule has 0 amide bonds. The van der Waals surface area contributed by atoms with Crippen molar-refractivity contribution in [3.8, 4) is 0 Å². The van der Waals surface area contributed by atoms with Crippen LogP contribution in [0.3, 0.4) is 0 Å². The summed E-state index contributed by atoms with van der Waals surface area (Å²) in [5.41, 5.74) is 0.707. The average molecular weight is 328 g/mol. The lowest BCUT2D eigenvalue weighted by molar-refractivity contribution is 0.597. The van der Waals surface area contributed by atoms with E-state index in [0.29, 0.717) is 11.3 Å². The second kappa shape index (κ2) is 4.67. The van der Waals surface area contributed by atoms with E-state index in [4.69, 9.17) is 11.6 Å². The van der Waals surface area contributed by atoms with Crippen LogP contribution in [0.2, 0.25) is 5.15 Å². The first kappa shape index (κ1) is 13.8. The lowest BCUT2D eigenvalue weighted by atomic mass is 10.6. The van der Waals surface area contributed by atoms with Crippen molar-refractivity contribution in [1.82, 2.24) is 29.5 Å². The van der Waals surface area contributed by atoms with E-state index in [9.17, 15) is 8.42 Å². The summed E-state index contributed by atoms with van der Waals surface area (Å²) in [6.07, 6.45) is 2.79. The zero-order valence-corrected chi connectivity index (χ0v) is 12.6. The first-order valence-electron chi connectivity index (χ1n) is 5.76. The van der Waals surface area contributed by atoms with Gasteiger partial charge in [-0.2, -0.15) is 18.4 Å². The van der Waals surface area contributed by atoms with Gasteiger partial charge in [-0.3, -0.25) is 0 Å². The van der Waals surface area contributed by atoms with Crippen molar-refractivity contribution in [2.75, 3.05) is 4.72 Å². The number of halogens is 1. The van der Waals surface area contributed by atoms with Crippen LogP contribution in [-0.4, -0.2) is 37.9 Å². The molecule has 3 aromatic rings. The molecule has 0 atom stereocenters. The molecule has 0 saturated heterocycles. The second-order valence-electron chi connectivity index (χ2n) is 4.28. The number of aromatic nitrogens is 6. The van der Waals surface area contributed by atoms with Gasteiger partial charge < -0.3 is 9.55 Å². The maximum Gasteiger partial charge on any atom is 0.283 e. The van der Waals surface area contributed by atoms with E-state index in [1.165, 1.54) is 12.5 Å². The number of fused-ring (bicyclic) bond motifs is 1. The predicted molar refractivity (Wildman–Crippen MR) is 75.4 cm³/mol. The molecule has 9 nitrogen and oxygen atoms in total. The van der Waals surface area contributed by atoms with Crippen LogP contribution in [0.5, 0.6) is 0 Å². The number of H-pyrrole nitrogens is 1. The van der Waals surface area contributed by atoms with E-state index >= 15 is 0 Å². The number of aryl methyl sites for hydroxylation is 2. The number of rotatable bonds is 3. The number of hydrogen-bond donors (Lipinski definition) is 2. The van der Waals surface area contributed by atoms with Gasteiger partial charge in [0.15, 0.2) is 15.8 Å². The van der Waals surface area contributed by atoms with E-state index < -0.39 is 10.0 Å². The molecule has 0 aromatic carbocycles. The standard InChI is InChI=1S/C10H10ClN7O2S/c1-5-14-6(3-18(5)2)21(19,20)17-10-15-8(11)7-9(16-10)13-4-12-7/h3-4H,1-2H3,(H2,12,13,15,16,17). The molecule has 3 heterocycles. The molecule has 0 fully saturated rings. The molecule has 3 aromatic heterocycles. The molecule has 0 spiro atoms. The molecule has 0 radical (unpaired) electrons. The monoisotopic (exact) mass is 327 g/mol. The Morgan fingerprint density at radius 1 is 1.33 bits per heavy atom. The van der Waals surface area contributed by atoms with E-state index in [0.717, 1.165) is 0 Å². The van der Waals surface area contributed by atoms with Crippen LogP contribution in [0.4, 0.5) is 5.95 Å². The molecule has 0 unspecified atom stereocenters. The summed E-state index contributed by atoms with van der Waals surface area (Å²) in [7, 11) is -2.19. The second-order valence-corrected chi connectivity index (χ2v) is 6.27. The van der Waals surface area contributed by atoms with Gasteiger partial charge in [-0.25, -0.2) is 14.7 Å². The molecule has 0 aliphatic heterocycles. The number of imidazole rings is 2. The Balaban J connectivity index is 2.00. The van der Waals surface area contributed by atoms with Gasteiger partial charge in [0.1, 0.15) is 11.3 Å². The lowest BCUT2D eigenvalue weighted by Gasteiger charge is -2.04.